The Morgan fingerprint density at radius 1 is 0.935 bits per heavy atom. The molecule has 0 spiro atoms. The number of anilines is 2. The van der Waals surface area contributed by atoms with Crippen LogP contribution in [0.15, 0.2) is 72.3 Å². The SMILES string of the molecule is CCCCN1CCC(C(=O)Nc2ccc(CN(C)C3CCOCC3)cc2)=Cc2cc(-c3ccc(OCCOCCC)cc3)ccc21. The molecule has 1 saturated heterocycles. The van der Waals surface area contributed by atoms with Gasteiger partial charge >= 0.3 is 0 Å². The van der Waals surface area contributed by atoms with E-state index in [1.54, 1.807) is 0 Å². The Labute approximate surface area is 275 Å². The minimum atomic E-state index is -0.0369. The van der Waals surface area contributed by atoms with Crippen molar-refractivity contribution in [1.82, 2.24) is 4.90 Å². The molecule has 3 aromatic rings. The van der Waals surface area contributed by atoms with Crippen molar-refractivity contribution in [2.75, 3.05) is 63.4 Å². The Hall–Kier alpha value is -3.65. The molecule has 1 N–H and O–H groups in total. The zero-order chi connectivity index (χ0) is 32.1. The quantitative estimate of drug-likeness (QED) is 0.174. The summed E-state index contributed by atoms with van der Waals surface area (Å²) in [7, 11) is 2.19. The van der Waals surface area contributed by atoms with E-state index >= 15 is 0 Å². The summed E-state index contributed by atoms with van der Waals surface area (Å²) in [6.45, 7) is 10.6. The van der Waals surface area contributed by atoms with Gasteiger partial charge in [0.1, 0.15) is 12.4 Å². The fraction of sp³-hybridized carbons (Fsp3) is 0.462. The normalized spacial score (nSPS) is 15.3. The van der Waals surface area contributed by atoms with E-state index in [-0.39, 0.29) is 5.91 Å². The van der Waals surface area contributed by atoms with E-state index in [9.17, 15) is 4.79 Å². The highest BCUT2D eigenvalue weighted by molar-refractivity contribution is 6.07. The van der Waals surface area contributed by atoms with Gasteiger partial charge in [-0.2, -0.15) is 0 Å². The highest BCUT2D eigenvalue weighted by Crippen LogP contribution is 2.33. The van der Waals surface area contributed by atoms with Crippen molar-refractivity contribution in [3.8, 4) is 16.9 Å². The summed E-state index contributed by atoms with van der Waals surface area (Å²) >= 11 is 0. The fourth-order valence-electron chi connectivity index (χ4n) is 6.19. The molecule has 7 heteroatoms. The first-order valence-corrected chi connectivity index (χ1v) is 17.1. The van der Waals surface area contributed by atoms with E-state index in [1.165, 1.54) is 11.3 Å². The smallest absolute Gasteiger partial charge is 0.251 e. The van der Waals surface area contributed by atoms with Crippen LogP contribution in [0.3, 0.4) is 0 Å². The topological polar surface area (TPSA) is 63.3 Å². The molecule has 2 aliphatic rings. The van der Waals surface area contributed by atoms with Gasteiger partial charge in [0.05, 0.1) is 6.61 Å². The van der Waals surface area contributed by atoms with E-state index in [1.807, 2.05) is 24.3 Å². The van der Waals surface area contributed by atoms with Crippen molar-refractivity contribution in [3.05, 3.63) is 83.4 Å². The molecule has 0 radical (unpaired) electrons. The molecule has 1 fully saturated rings. The molecule has 2 heterocycles. The lowest BCUT2D eigenvalue weighted by Crippen LogP contribution is -2.36. The van der Waals surface area contributed by atoms with Crippen LogP contribution < -0.4 is 15.0 Å². The molecular formula is C39H51N3O4. The molecule has 0 saturated carbocycles. The van der Waals surface area contributed by atoms with Crippen LogP contribution in [0.1, 0.15) is 63.5 Å². The molecule has 0 aliphatic carbocycles. The number of hydrogen-bond acceptors (Lipinski definition) is 6. The van der Waals surface area contributed by atoms with Crippen LogP contribution in [0.4, 0.5) is 11.4 Å². The molecule has 3 aromatic carbocycles. The van der Waals surface area contributed by atoms with Gasteiger partial charge in [0.2, 0.25) is 0 Å². The molecule has 7 nitrogen and oxygen atoms in total. The molecule has 0 unspecified atom stereocenters. The monoisotopic (exact) mass is 625 g/mol. The second-order valence-electron chi connectivity index (χ2n) is 12.4. The average Bonchev–Trinajstić information content (AvgIpc) is 3.28. The second-order valence-corrected chi connectivity index (χ2v) is 12.4. The van der Waals surface area contributed by atoms with E-state index in [0.717, 1.165) is 105 Å². The maximum absolute atomic E-state index is 13.6. The number of carbonyl (C=O) groups excluding carboxylic acids is 1. The fourth-order valence-corrected chi connectivity index (χ4v) is 6.19. The number of nitrogens with one attached hydrogen (secondary N) is 1. The molecule has 0 aromatic heterocycles. The maximum atomic E-state index is 13.6. The first-order chi connectivity index (χ1) is 22.5. The van der Waals surface area contributed by atoms with Gasteiger partial charge in [-0.1, -0.05) is 50.6 Å². The number of unbranched alkanes of at least 4 members (excludes halogenated alkanes) is 1. The number of carbonyl (C=O) groups is 1. The van der Waals surface area contributed by atoms with Crippen molar-refractivity contribution < 1.29 is 19.0 Å². The number of benzene rings is 3. The molecule has 5 rings (SSSR count). The predicted molar refractivity (Wildman–Crippen MR) is 189 cm³/mol. The van der Waals surface area contributed by atoms with E-state index in [2.05, 4.69) is 84.6 Å². The summed E-state index contributed by atoms with van der Waals surface area (Å²) in [5.74, 6) is 0.799. The Balaban J connectivity index is 1.27. The van der Waals surface area contributed by atoms with Crippen LogP contribution >= 0.6 is 0 Å². The van der Waals surface area contributed by atoms with Gasteiger partial charge in [0, 0.05) is 62.4 Å². The molecule has 46 heavy (non-hydrogen) atoms. The summed E-state index contributed by atoms with van der Waals surface area (Å²) in [4.78, 5) is 18.5. The molecular weight excluding hydrogens is 574 g/mol. The largest absolute Gasteiger partial charge is 0.491 e. The summed E-state index contributed by atoms with van der Waals surface area (Å²) in [6.07, 6.45) is 8.20. The van der Waals surface area contributed by atoms with Crippen LogP contribution in [-0.2, 0) is 20.8 Å². The zero-order valence-corrected chi connectivity index (χ0v) is 27.9. The Kier molecular flexibility index (Phi) is 12.7. The Morgan fingerprint density at radius 3 is 2.43 bits per heavy atom. The molecule has 246 valence electrons. The van der Waals surface area contributed by atoms with E-state index in [0.29, 0.717) is 25.7 Å². The van der Waals surface area contributed by atoms with Gasteiger partial charge in [-0.25, -0.2) is 0 Å². The highest BCUT2D eigenvalue weighted by atomic mass is 16.5. The van der Waals surface area contributed by atoms with Gasteiger partial charge < -0.3 is 24.4 Å². The van der Waals surface area contributed by atoms with Crippen LogP contribution in [0, 0.1) is 0 Å². The third kappa shape index (κ3) is 9.44. The van der Waals surface area contributed by atoms with Gasteiger partial charge in [0.25, 0.3) is 5.91 Å². The molecule has 0 atom stereocenters. The van der Waals surface area contributed by atoms with Crippen molar-refractivity contribution in [3.63, 3.8) is 0 Å². The van der Waals surface area contributed by atoms with Crippen molar-refractivity contribution >= 4 is 23.4 Å². The number of hydrogen-bond donors (Lipinski definition) is 1. The number of nitrogens with zero attached hydrogens (tertiary/aromatic N) is 2. The maximum Gasteiger partial charge on any atom is 0.251 e. The van der Waals surface area contributed by atoms with Crippen molar-refractivity contribution in [1.29, 1.82) is 0 Å². The zero-order valence-electron chi connectivity index (χ0n) is 27.9. The van der Waals surface area contributed by atoms with Crippen molar-refractivity contribution in [2.24, 2.45) is 0 Å². The van der Waals surface area contributed by atoms with Crippen LogP contribution in [0.5, 0.6) is 5.75 Å². The standard InChI is InChI=1S/C39H51N3O4/c1-4-6-20-42-21-17-33(39(43)40-35-12-7-30(8-13-35)29-41(3)36-18-23-45-24-19-36)28-34-27-32(11-16-38(34)42)31-9-14-37(15-10-31)46-26-25-44-22-5-2/h7-16,27-28,36H,4-6,17-26,29H2,1-3H3,(H,40,43). The number of amides is 1. The van der Waals surface area contributed by atoms with Gasteiger partial charge in [-0.3, -0.25) is 9.69 Å². The Bertz CT molecular complexity index is 1410. The lowest BCUT2D eigenvalue weighted by molar-refractivity contribution is -0.112. The lowest BCUT2D eigenvalue weighted by Gasteiger charge is -2.31. The highest BCUT2D eigenvalue weighted by Gasteiger charge is 2.21. The molecule has 1 amide bonds. The van der Waals surface area contributed by atoms with Gasteiger partial charge in [-0.05, 0) is 104 Å². The van der Waals surface area contributed by atoms with Crippen LogP contribution in [-0.4, -0.2) is 70.0 Å². The third-order valence-electron chi connectivity index (χ3n) is 8.91. The first-order valence-electron chi connectivity index (χ1n) is 17.1. The Morgan fingerprint density at radius 2 is 1.70 bits per heavy atom. The average molecular weight is 626 g/mol. The first kappa shape index (κ1) is 33.7. The lowest BCUT2D eigenvalue weighted by atomic mass is 10.00. The molecule has 0 bridgehead atoms. The van der Waals surface area contributed by atoms with E-state index in [4.69, 9.17) is 14.2 Å². The van der Waals surface area contributed by atoms with Crippen LogP contribution in [0.2, 0.25) is 0 Å². The number of rotatable bonds is 15. The minimum absolute atomic E-state index is 0.0369. The van der Waals surface area contributed by atoms with Gasteiger partial charge in [-0.15, -0.1) is 0 Å². The minimum Gasteiger partial charge on any atom is -0.491 e. The molecule has 2 aliphatic heterocycles. The summed E-state index contributed by atoms with van der Waals surface area (Å²) in [5.41, 5.74) is 7.36. The van der Waals surface area contributed by atoms with Gasteiger partial charge in [0.15, 0.2) is 0 Å². The third-order valence-corrected chi connectivity index (χ3v) is 8.91. The summed E-state index contributed by atoms with van der Waals surface area (Å²) < 4.78 is 16.9. The van der Waals surface area contributed by atoms with Crippen LogP contribution in [0.25, 0.3) is 17.2 Å². The number of fused-ring (bicyclic) bond motifs is 1. The number of ether oxygens (including phenoxy) is 3. The van der Waals surface area contributed by atoms with Crippen molar-refractivity contribution in [2.45, 2.75) is 65.0 Å². The predicted octanol–water partition coefficient (Wildman–Crippen LogP) is 7.80. The summed E-state index contributed by atoms with van der Waals surface area (Å²) in [5, 5.41) is 3.17. The summed E-state index contributed by atoms with van der Waals surface area (Å²) in [6, 6.07) is 23.7. The second kappa shape index (κ2) is 17.3. The van der Waals surface area contributed by atoms with E-state index < -0.39 is 0 Å².